The highest BCUT2D eigenvalue weighted by Crippen LogP contribution is 2.14. The molecule has 0 amide bonds. The molecule has 0 heterocycles. The molecule has 0 heteroatoms. The van der Waals surface area contributed by atoms with Gasteiger partial charge < -0.3 is 0 Å². The monoisotopic (exact) mass is 202 g/mol. The summed E-state index contributed by atoms with van der Waals surface area (Å²) in [7, 11) is 0. The summed E-state index contributed by atoms with van der Waals surface area (Å²) in [4.78, 5) is 0. The molecule has 0 aliphatic carbocycles. The minimum Gasteiger partial charge on any atom is -0.0810 e. The van der Waals surface area contributed by atoms with E-state index in [1.54, 1.807) is 0 Å². The average Bonchev–Trinajstić information content (AvgIpc) is 2.30. The van der Waals surface area contributed by atoms with Gasteiger partial charge in [0.15, 0.2) is 0 Å². The van der Waals surface area contributed by atoms with Crippen molar-refractivity contribution in [3.05, 3.63) is 42.0 Å². The van der Waals surface area contributed by atoms with Crippen molar-refractivity contribution in [3.63, 3.8) is 0 Å². The predicted octanol–water partition coefficient (Wildman–Crippen LogP) is 5.06. The van der Waals surface area contributed by atoms with Crippen LogP contribution in [-0.4, -0.2) is 0 Å². The first-order valence-corrected chi connectivity index (χ1v) is 6.06. The molecular formula is C15H22. The molecule has 0 saturated carbocycles. The highest BCUT2D eigenvalue weighted by atomic mass is 14.0. The lowest BCUT2D eigenvalue weighted by Crippen LogP contribution is -1.79. The van der Waals surface area contributed by atoms with E-state index >= 15 is 0 Å². The van der Waals surface area contributed by atoms with Crippen LogP contribution in [0.25, 0.3) is 5.57 Å². The second-order valence-corrected chi connectivity index (χ2v) is 4.10. The van der Waals surface area contributed by atoms with Crippen molar-refractivity contribution in [2.24, 2.45) is 0 Å². The van der Waals surface area contributed by atoms with Crippen LogP contribution >= 0.6 is 0 Å². The summed E-state index contributed by atoms with van der Waals surface area (Å²) in [6.45, 7) is 4.46. The van der Waals surface area contributed by atoms with Crippen molar-refractivity contribution in [2.75, 3.05) is 0 Å². The highest BCUT2D eigenvalue weighted by Gasteiger charge is 1.92. The maximum absolute atomic E-state index is 2.37. The van der Waals surface area contributed by atoms with Crippen molar-refractivity contribution < 1.29 is 0 Å². The Kier molecular flexibility index (Phi) is 5.84. The molecule has 0 aromatic heterocycles. The van der Waals surface area contributed by atoms with Gasteiger partial charge in [0.2, 0.25) is 0 Å². The summed E-state index contributed by atoms with van der Waals surface area (Å²) in [5, 5.41) is 0. The lowest BCUT2D eigenvalue weighted by molar-refractivity contribution is 0.675. The van der Waals surface area contributed by atoms with Gasteiger partial charge in [0.1, 0.15) is 0 Å². The third kappa shape index (κ3) is 4.83. The molecule has 0 fully saturated rings. The van der Waals surface area contributed by atoms with Gasteiger partial charge in [-0.2, -0.15) is 0 Å². The zero-order chi connectivity index (χ0) is 10.9. The quantitative estimate of drug-likeness (QED) is 0.565. The zero-order valence-corrected chi connectivity index (χ0v) is 10.00. The summed E-state index contributed by atoms with van der Waals surface area (Å²) in [5.41, 5.74) is 2.76. The van der Waals surface area contributed by atoms with Crippen LogP contribution in [0.5, 0.6) is 0 Å². The standard InChI is InChI=1S/C15H22/c1-3-4-5-6-8-11-14(2)15-12-9-7-10-13-15/h7,9-13H,3-6,8H2,1-2H3/b14-11+. The van der Waals surface area contributed by atoms with Gasteiger partial charge in [0.25, 0.3) is 0 Å². The molecule has 0 bridgehead atoms. The second kappa shape index (κ2) is 7.28. The van der Waals surface area contributed by atoms with Crippen molar-refractivity contribution in [3.8, 4) is 0 Å². The molecule has 0 unspecified atom stereocenters. The minimum atomic E-state index is 1.22. The van der Waals surface area contributed by atoms with Gasteiger partial charge in [0, 0.05) is 0 Å². The van der Waals surface area contributed by atoms with E-state index in [4.69, 9.17) is 0 Å². The Balaban J connectivity index is 2.33. The first-order chi connectivity index (χ1) is 7.34. The van der Waals surface area contributed by atoms with Crippen LogP contribution in [0.3, 0.4) is 0 Å². The van der Waals surface area contributed by atoms with E-state index in [1.807, 2.05) is 0 Å². The van der Waals surface area contributed by atoms with Gasteiger partial charge in [-0.05, 0) is 30.9 Å². The van der Waals surface area contributed by atoms with Crippen LogP contribution in [0, 0.1) is 0 Å². The fraction of sp³-hybridized carbons (Fsp3) is 0.467. The molecule has 15 heavy (non-hydrogen) atoms. The normalized spacial score (nSPS) is 11.7. The Morgan fingerprint density at radius 3 is 2.47 bits per heavy atom. The van der Waals surface area contributed by atoms with Crippen LogP contribution < -0.4 is 0 Å². The molecule has 0 aliphatic rings. The van der Waals surface area contributed by atoms with Crippen molar-refractivity contribution in [1.29, 1.82) is 0 Å². The topological polar surface area (TPSA) is 0 Å². The molecule has 1 rings (SSSR count). The summed E-state index contributed by atoms with van der Waals surface area (Å²) >= 11 is 0. The molecule has 0 saturated heterocycles. The molecular weight excluding hydrogens is 180 g/mol. The largest absolute Gasteiger partial charge is 0.0810 e. The van der Waals surface area contributed by atoms with E-state index in [-0.39, 0.29) is 0 Å². The van der Waals surface area contributed by atoms with Gasteiger partial charge in [-0.1, -0.05) is 62.6 Å². The SMILES string of the molecule is CCCCCC/C=C(\C)c1ccccc1. The van der Waals surface area contributed by atoms with E-state index in [0.29, 0.717) is 0 Å². The molecule has 0 nitrogen and oxygen atoms in total. The molecule has 1 aromatic carbocycles. The fourth-order valence-electron chi connectivity index (χ4n) is 1.71. The van der Waals surface area contributed by atoms with E-state index in [0.717, 1.165) is 0 Å². The van der Waals surface area contributed by atoms with Crippen LogP contribution in [0.2, 0.25) is 0 Å². The summed E-state index contributed by atoms with van der Waals surface area (Å²) < 4.78 is 0. The number of hydrogen-bond acceptors (Lipinski definition) is 0. The lowest BCUT2D eigenvalue weighted by Gasteiger charge is -2.01. The maximum atomic E-state index is 2.37. The van der Waals surface area contributed by atoms with Crippen molar-refractivity contribution in [1.82, 2.24) is 0 Å². The first kappa shape index (κ1) is 12.0. The van der Waals surface area contributed by atoms with Crippen LogP contribution in [-0.2, 0) is 0 Å². The van der Waals surface area contributed by atoms with Gasteiger partial charge in [-0.15, -0.1) is 0 Å². The predicted molar refractivity (Wildman–Crippen MR) is 68.9 cm³/mol. The van der Waals surface area contributed by atoms with E-state index in [2.05, 4.69) is 50.3 Å². The van der Waals surface area contributed by atoms with Crippen LogP contribution in [0.4, 0.5) is 0 Å². The minimum absolute atomic E-state index is 1.22. The number of allylic oxidation sites excluding steroid dienone is 2. The molecule has 0 spiro atoms. The zero-order valence-electron chi connectivity index (χ0n) is 10.00. The van der Waals surface area contributed by atoms with Crippen LogP contribution in [0.15, 0.2) is 36.4 Å². The van der Waals surface area contributed by atoms with Crippen molar-refractivity contribution >= 4 is 5.57 Å². The van der Waals surface area contributed by atoms with Gasteiger partial charge in [0.05, 0.1) is 0 Å². The number of hydrogen-bond donors (Lipinski definition) is 0. The number of rotatable bonds is 6. The lowest BCUT2D eigenvalue weighted by atomic mass is 10.0. The third-order valence-corrected chi connectivity index (χ3v) is 2.74. The van der Waals surface area contributed by atoms with Gasteiger partial charge in [-0.3, -0.25) is 0 Å². The molecule has 1 aromatic rings. The van der Waals surface area contributed by atoms with Crippen molar-refractivity contribution in [2.45, 2.75) is 46.0 Å². The Hall–Kier alpha value is -1.04. The van der Waals surface area contributed by atoms with E-state index in [9.17, 15) is 0 Å². The smallest absolute Gasteiger partial charge is 0.0231 e. The summed E-state index contributed by atoms with van der Waals surface area (Å²) in [6.07, 6.45) is 8.98. The molecule has 0 atom stereocenters. The Morgan fingerprint density at radius 2 is 1.80 bits per heavy atom. The summed E-state index contributed by atoms with van der Waals surface area (Å²) in [5.74, 6) is 0. The Bertz CT molecular complexity index is 282. The fourth-order valence-corrected chi connectivity index (χ4v) is 1.71. The maximum Gasteiger partial charge on any atom is -0.0231 e. The number of unbranched alkanes of at least 4 members (excludes halogenated alkanes) is 4. The average molecular weight is 202 g/mol. The van der Waals surface area contributed by atoms with E-state index < -0.39 is 0 Å². The Morgan fingerprint density at radius 1 is 1.07 bits per heavy atom. The molecule has 0 aliphatic heterocycles. The first-order valence-electron chi connectivity index (χ1n) is 6.06. The second-order valence-electron chi connectivity index (χ2n) is 4.10. The summed E-state index contributed by atoms with van der Waals surface area (Å²) in [6, 6.07) is 10.6. The van der Waals surface area contributed by atoms with Crippen LogP contribution in [0.1, 0.15) is 51.5 Å². The highest BCUT2D eigenvalue weighted by molar-refractivity contribution is 5.63. The Labute approximate surface area is 94.0 Å². The molecule has 0 N–H and O–H groups in total. The van der Waals surface area contributed by atoms with E-state index in [1.165, 1.54) is 43.2 Å². The van der Waals surface area contributed by atoms with Gasteiger partial charge in [-0.25, -0.2) is 0 Å². The molecule has 0 radical (unpaired) electrons. The molecule has 82 valence electrons. The van der Waals surface area contributed by atoms with Gasteiger partial charge >= 0.3 is 0 Å². The number of benzene rings is 1. The third-order valence-electron chi connectivity index (χ3n) is 2.74.